The van der Waals surface area contributed by atoms with Crippen LogP contribution in [-0.4, -0.2) is 27.7 Å². The Hall–Kier alpha value is -2.27. The van der Waals surface area contributed by atoms with Crippen LogP contribution in [0.2, 0.25) is 0 Å². The molecule has 0 aliphatic carbocycles. The Kier molecular flexibility index (Phi) is 7.17. The molecule has 0 atom stereocenters. The highest BCUT2D eigenvalue weighted by atomic mass is 79.9. The molecule has 0 bridgehead atoms. The summed E-state index contributed by atoms with van der Waals surface area (Å²) in [7, 11) is -3.04. The molecule has 0 heterocycles. The lowest BCUT2D eigenvalue weighted by molar-refractivity contribution is -0.274. The van der Waals surface area contributed by atoms with Gasteiger partial charge in [-0.15, -0.1) is 13.2 Å². The average Bonchev–Trinajstić information content (AvgIpc) is 2.61. The molecule has 0 aliphatic heterocycles. The number of benzene rings is 2. The quantitative estimate of drug-likeness (QED) is 0.627. The maximum Gasteiger partial charge on any atom is 0.573 e. The maximum atomic E-state index is 12.6. The second-order valence-corrected chi connectivity index (χ2v) is 8.51. The summed E-state index contributed by atoms with van der Waals surface area (Å²) in [5.74, 6) is -1.19. The number of rotatable bonds is 7. The van der Waals surface area contributed by atoms with Crippen molar-refractivity contribution in [1.82, 2.24) is 4.72 Å². The minimum atomic E-state index is -4.89. The summed E-state index contributed by atoms with van der Waals surface area (Å²) in [6.45, 7) is 1.49. The van der Waals surface area contributed by atoms with Gasteiger partial charge in [0.1, 0.15) is 5.75 Å². The lowest BCUT2D eigenvalue weighted by atomic mass is 10.0. The van der Waals surface area contributed by atoms with E-state index in [2.05, 4.69) is 20.7 Å². The van der Waals surface area contributed by atoms with Crippen LogP contribution in [0.3, 0.4) is 0 Å². The van der Waals surface area contributed by atoms with Crippen LogP contribution >= 0.6 is 15.9 Å². The maximum absolute atomic E-state index is 12.6. The lowest BCUT2D eigenvalue weighted by Crippen LogP contribution is -2.41. The van der Waals surface area contributed by atoms with Crippen molar-refractivity contribution in [2.24, 2.45) is 0 Å². The third-order valence-electron chi connectivity index (χ3n) is 3.89. The molecule has 2 rings (SSSR count). The molecule has 1 N–H and O–H groups in total. The Morgan fingerprint density at radius 1 is 1.17 bits per heavy atom. The van der Waals surface area contributed by atoms with Crippen LogP contribution in [0.5, 0.6) is 5.75 Å². The Balaban J connectivity index is 2.50. The fraction of sp³-hybridized carbons (Fsp3) is 0.278. The van der Waals surface area contributed by atoms with Gasteiger partial charge in [0.2, 0.25) is 5.91 Å². The summed E-state index contributed by atoms with van der Waals surface area (Å²) >= 11 is 3.36. The van der Waals surface area contributed by atoms with Crippen LogP contribution in [0.25, 0.3) is 0 Å². The monoisotopic (exact) mass is 494 g/mol. The van der Waals surface area contributed by atoms with E-state index in [1.165, 1.54) is 20.0 Å². The fourth-order valence-electron chi connectivity index (χ4n) is 2.47. The molecule has 29 heavy (non-hydrogen) atoms. The molecule has 11 heteroatoms. The van der Waals surface area contributed by atoms with Crippen molar-refractivity contribution in [1.29, 1.82) is 0 Å². The van der Waals surface area contributed by atoms with Crippen LogP contribution in [0.4, 0.5) is 18.9 Å². The van der Waals surface area contributed by atoms with Gasteiger partial charge in [-0.05, 0) is 35.4 Å². The number of alkyl halides is 3. The highest BCUT2D eigenvalue weighted by Gasteiger charge is 2.32. The summed E-state index contributed by atoms with van der Waals surface area (Å²) in [5, 5.41) is 0. The second kappa shape index (κ2) is 9.04. The zero-order valence-corrected chi connectivity index (χ0v) is 17.9. The number of nitrogens with one attached hydrogen (secondary N) is 1. The van der Waals surface area contributed by atoms with E-state index in [1.54, 1.807) is 24.3 Å². The Bertz CT molecular complexity index is 997. The first-order valence-electron chi connectivity index (χ1n) is 8.34. The normalized spacial score (nSPS) is 11.8. The van der Waals surface area contributed by atoms with Gasteiger partial charge < -0.3 is 4.74 Å². The highest BCUT2D eigenvalue weighted by molar-refractivity contribution is 9.10. The van der Waals surface area contributed by atoms with Gasteiger partial charge in [0.05, 0.1) is 5.69 Å². The summed E-state index contributed by atoms with van der Waals surface area (Å²) in [6.07, 6.45) is -4.82. The number of hydrogen-bond acceptors (Lipinski definition) is 4. The molecule has 0 saturated carbocycles. The molecule has 0 spiro atoms. The number of halogens is 4. The number of carbonyl (C=O) groups is 1. The third kappa shape index (κ3) is 6.36. The van der Waals surface area contributed by atoms with Crippen LogP contribution in [0.1, 0.15) is 24.5 Å². The summed E-state index contributed by atoms with van der Waals surface area (Å²) in [4.78, 5) is 11.5. The van der Waals surface area contributed by atoms with E-state index < -0.39 is 28.2 Å². The average molecular weight is 495 g/mol. The van der Waals surface area contributed by atoms with Crippen LogP contribution in [0, 0.1) is 0 Å². The number of ether oxygens (including phenoxy) is 1. The summed E-state index contributed by atoms with van der Waals surface area (Å²) in [6, 6.07) is 10.4. The van der Waals surface area contributed by atoms with E-state index in [0.29, 0.717) is 4.47 Å². The Labute approximate surface area is 175 Å². The van der Waals surface area contributed by atoms with E-state index in [9.17, 15) is 26.4 Å². The van der Waals surface area contributed by atoms with Crippen LogP contribution < -0.4 is 13.8 Å². The van der Waals surface area contributed by atoms with Crippen molar-refractivity contribution < 1.29 is 31.1 Å². The summed E-state index contributed by atoms with van der Waals surface area (Å²) < 4.78 is 70.1. The van der Waals surface area contributed by atoms with E-state index in [-0.39, 0.29) is 24.1 Å². The largest absolute Gasteiger partial charge is 0.573 e. The molecule has 2 aromatic carbocycles. The molecule has 0 aromatic heterocycles. The predicted octanol–water partition coefficient (Wildman–Crippen LogP) is 4.15. The number of anilines is 1. The van der Waals surface area contributed by atoms with Crippen molar-refractivity contribution in [2.75, 3.05) is 11.4 Å². The van der Waals surface area contributed by atoms with Gasteiger partial charge in [0.25, 0.3) is 0 Å². The zero-order valence-electron chi connectivity index (χ0n) is 15.5. The first kappa shape index (κ1) is 23.0. The first-order chi connectivity index (χ1) is 13.4. The standard InChI is InChI=1S/C18H18BrF3N2O4S/c1-3-17(25)23-29(26,27)24(2)16-9-8-14(28-18(20,21)22)11-13(16)10-12-6-4-5-7-15(12)19/h4-9,11H,3,10H2,1-2H3,(H,23,25). The number of hydrogen-bond donors (Lipinski definition) is 1. The molecule has 158 valence electrons. The van der Waals surface area contributed by atoms with Crippen LogP contribution in [0.15, 0.2) is 46.9 Å². The first-order valence-corrected chi connectivity index (χ1v) is 10.6. The minimum absolute atomic E-state index is 0.0464. The summed E-state index contributed by atoms with van der Waals surface area (Å²) in [5.41, 5.74) is 1.09. The van der Waals surface area contributed by atoms with Gasteiger partial charge >= 0.3 is 16.6 Å². The van der Waals surface area contributed by atoms with E-state index in [4.69, 9.17) is 0 Å². The molecule has 0 unspecified atom stereocenters. The number of amides is 1. The Morgan fingerprint density at radius 3 is 2.41 bits per heavy atom. The van der Waals surface area contributed by atoms with Crippen LogP contribution in [-0.2, 0) is 21.4 Å². The third-order valence-corrected chi connectivity index (χ3v) is 6.06. The number of nitrogens with zero attached hydrogens (tertiary/aromatic N) is 1. The predicted molar refractivity (Wildman–Crippen MR) is 106 cm³/mol. The van der Waals surface area contributed by atoms with Gasteiger partial charge in [-0.25, -0.2) is 4.72 Å². The van der Waals surface area contributed by atoms with Crippen molar-refractivity contribution >= 4 is 37.7 Å². The number of carbonyl (C=O) groups excluding carboxylic acids is 1. The van der Waals surface area contributed by atoms with Gasteiger partial charge in [0.15, 0.2) is 0 Å². The molecule has 0 aliphatic rings. The van der Waals surface area contributed by atoms with Crippen molar-refractivity contribution in [3.05, 3.63) is 58.1 Å². The van der Waals surface area contributed by atoms with E-state index >= 15 is 0 Å². The molecular weight excluding hydrogens is 477 g/mol. The minimum Gasteiger partial charge on any atom is -0.406 e. The highest BCUT2D eigenvalue weighted by Crippen LogP contribution is 2.32. The van der Waals surface area contributed by atoms with Gasteiger partial charge in [-0.1, -0.05) is 41.1 Å². The second-order valence-electron chi connectivity index (χ2n) is 5.96. The molecule has 6 nitrogen and oxygen atoms in total. The molecular formula is C18H18BrF3N2O4S. The van der Waals surface area contributed by atoms with Gasteiger partial charge in [0, 0.05) is 24.4 Å². The lowest BCUT2D eigenvalue weighted by Gasteiger charge is -2.23. The van der Waals surface area contributed by atoms with E-state index in [0.717, 1.165) is 22.0 Å². The van der Waals surface area contributed by atoms with E-state index in [1.807, 2.05) is 4.72 Å². The molecule has 2 aromatic rings. The Morgan fingerprint density at radius 2 is 1.83 bits per heavy atom. The van der Waals surface area contributed by atoms with Crippen molar-refractivity contribution in [3.8, 4) is 5.75 Å². The molecule has 0 saturated heterocycles. The topological polar surface area (TPSA) is 75.7 Å². The van der Waals surface area contributed by atoms with Crippen molar-refractivity contribution in [3.63, 3.8) is 0 Å². The van der Waals surface area contributed by atoms with Gasteiger partial charge in [-0.2, -0.15) is 8.42 Å². The molecule has 1 amide bonds. The molecule has 0 fully saturated rings. The molecule has 0 radical (unpaired) electrons. The van der Waals surface area contributed by atoms with Crippen molar-refractivity contribution in [2.45, 2.75) is 26.1 Å². The fourth-order valence-corrected chi connectivity index (χ4v) is 3.90. The smallest absolute Gasteiger partial charge is 0.406 e. The zero-order chi connectivity index (χ0) is 21.8. The SMILES string of the molecule is CCC(=O)NS(=O)(=O)N(C)c1ccc(OC(F)(F)F)cc1Cc1ccccc1Br. The van der Waals surface area contributed by atoms with Gasteiger partial charge in [-0.3, -0.25) is 9.10 Å².